The van der Waals surface area contributed by atoms with E-state index in [0.29, 0.717) is 62.2 Å². The minimum absolute atomic E-state index is 0.0282. The Balaban J connectivity index is 0.000000188. The predicted octanol–water partition coefficient (Wildman–Crippen LogP) is 16.3. The van der Waals surface area contributed by atoms with Crippen molar-refractivity contribution < 1.29 is 44.8 Å². The SMILES string of the molecule is C=CS(=O)(=O)NCCN(C(=O)Nc1cccc(C(F)(F)F)c1)C1CCN(C(C)CCC)CC1.CC(F)(F)c1cccc(C(=O)N(Cc2ccccc2)C2CC3CCC(C2)N3Cc2ccccc2)c1.CCCC(C)N1CCC(N(Cc2ccccc2)C(=O)NCc2ccc(C)cc2)CC1. The highest BCUT2D eigenvalue weighted by molar-refractivity contribution is 7.92. The zero-order valence-corrected chi connectivity index (χ0v) is 58.8. The van der Waals surface area contributed by atoms with Crippen LogP contribution in [0.15, 0.2) is 176 Å². The van der Waals surface area contributed by atoms with Crippen LogP contribution in [-0.4, -0.2) is 137 Å². The number of anilines is 1. The van der Waals surface area contributed by atoms with E-state index in [1.807, 2.05) is 59.5 Å². The van der Waals surface area contributed by atoms with Gasteiger partial charge in [-0.3, -0.25) is 9.69 Å². The quantitative estimate of drug-likeness (QED) is 0.0481. The minimum Gasteiger partial charge on any atom is -0.334 e. The highest BCUT2D eigenvalue weighted by Crippen LogP contribution is 2.40. The van der Waals surface area contributed by atoms with Crippen molar-refractivity contribution in [2.24, 2.45) is 0 Å². The maximum Gasteiger partial charge on any atom is 0.416 e. The molecule has 2 bridgehead atoms. The second-order valence-corrected chi connectivity index (χ2v) is 28.6. The number of carbonyl (C=O) groups excluding carboxylic acids is 3. The van der Waals surface area contributed by atoms with E-state index in [-0.39, 0.29) is 54.4 Å². The van der Waals surface area contributed by atoms with Crippen LogP contribution in [0.2, 0.25) is 0 Å². The number of hydrogen-bond acceptors (Lipinski definition) is 8. The van der Waals surface area contributed by atoms with E-state index in [9.17, 15) is 44.8 Å². The van der Waals surface area contributed by atoms with E-state index in [0.717, 1.165) is 120 Å². The summed E-state index contributed by atoms with van der Waals surface area (Å²) in [5.74, 6) is -3.15. The van der Waals surface area contributed by atoms with Crippen LogP contribution in [0.4, 0.5) is 37.2 Å². The molecule has 4 saturated heterocycles. The Bertz CT molecular complexity index is 3540. The van der Waals surface area contributed by atoms with Crippen LogP contribution in [0.5, 0.6) is 0 Å². The van der Waals surface area contributed by atoms with Crippen molar-refractivity contribution in [1.29, 1.82) is 0 Å². The van der Waals surface area contributed by atoms with Crippen molar-refractivity contribution in [3.63, 3.8) is 0 Å². The number of likely N-dealkylation sites (tertiary alicyclic amines) is 2. The first-order valence-electron chi connectivity index (χ1n) is 35.0. The number of sulfonamides is 1. The van der Waals surface area contributed by atoms with E-state index in [1.54, 1.807) is 12.1 Å². The van der Waals surface area contributed by atoms with Gasteiger partial charge in [0.1, 0.15) is 0 Å². The fraction of sp³-hybridized carbons (Fsp3) is 0.474. The van der Waals surface area contributed by atoms with E-state index in [1.165, 1.54) is 58.7 Å². The smallest absolute Gasteiger partial charge is 0.334 e. The normalized spacial score (nSPS) is 18.6. The first kappa shape index (κ1) is 76.3. The molecule has 0 saturated carbocycles. The molecule has 530 valence electrons. The van der Waals surface area contributed by atoms with Crippen LogP contribution in [0, 0.1) is 6.92 Å². The van der Waals surface area contributed by atoms with Gasteiger partial charge in [-0.2, -0.15) is 13.2 Å². The lowest BCUT2D eigenvalue weighted by molar-refractivity contribution is -0.137. The van der Waals surface area contributed by atoms with Crippen LogP contribution in [0.3, 0.4) is 0 Å². The molecule has 5 amide bonds. The molecule has 4 atom stereocenters. The Morgan fingerprint density at radius 3 is 1.60 bits per heavy atom. The van der Waals surface area contributed by atoms with Gasteiger partial charge in [-0.25, -0.2) is 31.5 Å². The summed E-state index contributed by atoms with van der Waals surface area (Å²) in [7, 11) is -3.66. The van der Waals surface area contributed by atoms with Crippen molar-refractivity contribution >= 4 is 33.7 Å². The average molecular weight is 1370 g/mol. The number of urea groups is 2. The molecule has 0 aromatic heterocycles. The van der Waals surface area contributed by atoms with Gasteiger partial charge in [-0.15, -0.1) is 0 Å². The van der Waals surface area contributed by atoms with E-state index < -0.39 is 33.7 Å². The lowest BCUT2D eigenvalue weighted by Gasteiger charge is -2.43. The van der Waals surface area contributed by atoms with E-state index >= 15 is 0 Å². The Morgan fingerprint density at radius 2 is 1.09 bits per heavy atom. The topological polar surface area (TPSA) is 141 Å². The molecule has 4 aliphatic rings. The maximum atomic E-state index is 14.0. The fourth-order valence-corrected chi connectivity index (χ4v) is 14.7. The van der Waals surface area contributed by atoms with E-state index in [2.05, 4.69) is 137 Å². The fourth-order valence-electron chi connectivity index (χ4n) is 14.2. The van der Waals surface area contributed by atoms with Crippen molar-refractivity contribution in [2.75, 3.05) is 44.6 Å². The number of carbonyl (C=O) groups is 3. The number of alkyl halides is 5. The molecule has 20 heteroatoms. The van der Waals surface area contributed by atoms with Gasteiger partial charge in [0, 0.05) is 137 Å². The largest absolute Gasteiger partial charge is 0.416 e. The zero-order chi connectivity index (χ0) is 70.4. The summed E-state index contributed by atoms with van der Waals surface area (Å²) in [5.41, 5.74) is 5.31. The summed E-state index contributed by atoms with van der Waals surface area (Å²) in [6.45, 7) is 21.5. The second-order valence-electron chi connectivity index (χ2n) is 26.9. The monoisotopic (exact) mass is 1370 g/mol. The number of nitrogens with zero attached hydrogens (tertiary/aromatic N) is 6. The Morgan fingerprint density at radius 1 is 0.592 bits per heavy atom. The number of piperidine rings is 3. The van der Waals surface area contributed by atoms with Gasteiger partial charge < -0.3 is 35.1 Å². The summed E-state index contributed by atoms with van der Waals surface area (Å²) >= 11 is 0. The van der Waals surface area contributed by atoms with Crippen molar-refractivity contribution in [2.45, 2.75) is 199 Å². The number of rotatable bonds is 25. The third-order valence-electron chi connectivity index (χ3n) is 19.7. The standard InChI is InChI=1S/C30H32F2N2O.C26H37N3O.C22H33F3N4O3S/c1-30(31,32)25-14-8-13-24(17-25)29(35)34(21-23-11-6-3-7-12-23)28-18-26-15-16-27(19-28)33(26)20-22-9-4-2-5-10-22;1-4-8-22(3)28-17-15-25(16-18-28)29(20-24-9-6-5-7-10-24)26(30)27-19-23-13-11-21(2)12-14-23;1-4-7-17(3)28-13-10-20(11-14-28)29(15-12-26-33(31,32)5-2)21(30)27-19-9-6-8-18(16-19)22(23,24)25/h2-14,17,26-28H,15-16,18-21H2,1H3;5-7,9-14,22,25H,4,8,15-20H2,1-3H3,(H,27,30);5-6,8-9,16-17,20,26H,2,4,7,10-15H2,1,3H3,(H,27,30). The molecular formula is C78H102F5N9O5S. The van der Waals surface area contributed by atoms with Crippen molar-refractivity contribution in [3.8, 4) is 0 Å². The third-order valence-corrected chi connectivity index (χ3v) is 20.8. The summed E-state index contributed by atoms with van der Waals surface area (Å²) in [5, 5.41) is 6.49. The Labute approximate surface area is 579 Å². The summed E-state index contributed by atoms with van der Waals surface area (Å²) in [6, 6.07) is 51.2. The van der Waals surface area contributed by atoms with Gasteiger partial charge in [0.2, 0.25) is 10.0 Å². The second kappa shape index (κ2) is 36.6. The van der Waals surface area contributed by atoms with Gasteiger partial charge in [0.15, 0.2) is 0 Å². The van der Waals surface area contributed by atoms with E-state index in [4.69, 9.17) is 0 Å². The number of halogens is 5. The molecule has 14 nitrogen and oxygen atoms in total. The average Bonchev–Trinajstić information content (AvgIpc) is 1.57. The Kier molecular flexibility index (Phi) is 28.4. The third kappa shape index (κ3) is 22.8. The molecule has 3 N–H and O–H groups in total. The van der Waals surface area contributed by atoms with Gasteiger partial charge in [-0.05, 0) is 138 Å². The molecule has 4 unspecified atom stereocenters. The number of fused-ring (bicyclic) bond motifs is 2. The highest BCUT2D eigenvalue weighted by atomic mass is 32.2. The number of benzene rings is 6. The molecule has 98 heavy (non-hydrogen) atoms. The first-order chi connectivity index (χ1) is 46.9. The van der Waals surface area contributed by atoms with Gasteiger partial charge in [0.25, 0.3) is 11.8 Å². The molecule has 4 aliphatic heterocycles. The lowest BCUT2D eigenvalue weighted by Crippen LogP contribution is -2.52. The molecular weight excluding hydrogens is 1270 g/mol. The maximum absolute atomic E-state index is 14.0. The van der Waals surface area contributed by atoms with Crippen LogP contribution in [-0.2, 0) is 48.3 Å². The van der Waals surface area contributed by atoms with Crippen molar-refractivity contribution in [3.05, 3.63) is 220 Å². The zero-order valence-electron chi connectivity index (χ0n) is 58.0. The van der Waals surface area contributed by atoms with Crippen LogP contribution >= 0.6 is 0 Å². The van der Waals surface area contributed by atoms with Gasteiger partial charge in [0.05, 0.1) is 5.56 Å². The summed E-state index contributed by atoms with van der Waals surface area (Å²) in [4.78, 5) is 53.1. The number of nitrogens with one attached hydrogen (secondary N) is 3. The Hall–Kier alpha value is -7.49. The molecule has 4 fully saturated rings. The molecule has 6 aromatic rings. The van der Waals surface area contributed by atoms with Crippen LogP contribution < -0.4 is 15.4 Å². The highest BCUT2D eigenvalue weighted by Gasteiger charge is 2.44. The molecule has 0 radical (unpaired) electrons. The lowest BCUT2D eigenvalue weighted by atomic mass is 9.93. The van der Waals surface area contributed by atoms with Gasteiger partial charge in [-0.1, -0.05) is 172 Å². The molecule has 0 spiro atoms. The van der Waals surface area contributed by atoms with Crippen molar-refractivity contribution in [1.82, 2.24) is 39.4 Å². The molecule has 10 rings (SSSR count). The number of aryl methyl sites for hydroxylation is 1. The van der Waals surface area contributed by atoms with Crippen LogP contribution in [0.25, 0.3) is 0 Å². The molecule has 0 aliphatic carbocycles. The summed E-state index contributed by atoms with van der Waals surface area (Å²) in [6.07, 6.45) is 7.66. The number of hydrogen-bond donors (Lipinski definition) is 3. The van der Waals surface area contributed by atoms with Gasteiger partial charge >= 0.3 is 18.2 Å². The van der Waals surface area contributed by atoms with Crippen LogP contribution in [0.1, 0.15) is 161 Å². The first-order valence-corrected chi connectivity index (χ1v) is 36.6. The summed E-state index contributed by atoms with van der Waals surface area (Å²) < 4.78 is 92.8. The number of amides is 5. The predicted molar refractivity (Wildman–Crippen MR) is 382 cm³/mol. The molecule has 4 heterocycles. The minimum atomic E-state index is -4.52. The molecule has 6 aromatic carbocycles.